The Labute approximate surface area is 240 Å². The zero-order valence-corrected chi connectivity index (χ0v) is 23.2. The summed E-state index contributed by atoms with van der Waals surface area (Å²) in [6, 6.07) is 11.0. The van der Waals surface area contributed by atoms with E-state index in [-0.39, 0.29) is 11.0 Å². The predicted molar refractivity (Wildman–Crippen MR) is 159 cm³/mol. The molecule has 5 aromatic heterocycles. The molecule has 206 valence electrons. The summed E-state index contributed by atoms with van der Waals surface area (Å²) in [5, 5.41) is 2.77. The molecular weight excluding hydrogens is 537 g/mol. The highest BCUT2D eigenvalue weighted by Gasteiger charge is 2.23. The number of hydrogen-bond acceptors (Lipinski definition) is 7. The van der Waals surface area contributed by atoms with Gasteiger partial charge in [-0.2, -0.15) is 4.39 Å². The minimum atomic E-state index is -0.265. The lowest BCUT2D eigenvalue weighted by atomic mass is 9.87. The first-order valence-corrected chi connectivity index (χ1v) is 14.8. The van der Waals surface area contributed by atoms with Crippen LogP contribution in [0.5, 0.6) is 0 Å². The van der Waals surface area contributed by atoms with Crippen LogP contribution in [0.4, 0.5) is 10.1 Å². The van der Waals surface area contributed by atoms with Gasteiger partial charge in [-0.15, -0.1) is 11.3 Å². The van der Waals surface area contributed by atoms with Crippen LogP contribution in [0.1, 0.15) is 55.6 Å². The Morgan fingerprint density at radius 2 is 1.95 bits per heavy atom. The van der Waals surface area contributed by atoms with E-state index in [1.807, 2.05) is 18.2 Å². The summed E-state index contributed by atoms with van der Waals surface area (Å²) >= 11 is 1.04. The van der Waals surface area contributed by atoms with Crippen molar-refractivity contribution >= 4 is 39.7 Å². The van der Waals surface area contributed by atoms with E-state index in [0.717, 1.165) is 63.5 Å². The van der Waals surface area contributed by atoms with Gasteiger partial charge in [0.15, 0.2) is 11.0 Å². The molecule has 1 aliphatic heterocycles. The molecule has 0 unspecified atom stereocenters. The van der Waals surface area contributed by atoms with Crippen LogP contribution in [0.15, 0.2) is 60.0 Å². The number of fused-ring (bicyclic) bond motifs is 2. The Morgan fingerprint density at radius 3 is 2.80 bits per heavy atom. The number of hydrogen-bond donors (Lipinski definition) is 2. The predicted octanol–water partition coefficient (Wildman–Crippen LogP) is 6.58. The summed E-state index contributed by atoms with van der Waals surface area (Å²) in [7, 11) is 0. The molecule has 0 saturated heterocycles. The van der Waals surface area contributed by atoms with Crippen LogP contribution in [0.3, 0.4) is 0 Å². The summed E-state index contributed by atoms with van der Waals surface area (Å²) in [6.45, 7) is 0.631. The van der Waals surface area contributed by atoms with E-state index in [0.29, 0.717) is 47.3 Å². The lowest BCUT2D eigenvalue weighted by Gasteiger charge is -2.20. The molecule has 0 radical (unpaired) electrons. The van der Waals surface area contributed by atoms with Gasteiger partial charge in [-0.1, -0.05) is 25.3 Å². The first kappa shape index (κ1) is 25.6. The Balaban J connectivity index is 1.17. The number of aromatic amines is 1. The smallest absolute Gasteiger partial charge is 0.224 e. The number of halogens is 1. The normalized spacial score (nSPS) is 15.5. The van der Waals surface area contributed by atoms with E-state index in [4.69, 9.17) is 15.0 Å². The van der Waals surface area contributed by atoms with Crippen molar-refractivity contribution in [3.05, 3.63) is 77.2 Å². The maximum Gasteiger partial charge on any atom is 0.224 e. The maximum absolute atomic E-state index is 13.7. The number of aliphatic imine (C=N–C) groups is 1. The van der Waals surface area contributed by atoms with E-state index in [1.54, 1.807) is 24.7 Å². The van der Waals surface area contributed by atoms with Gasteiger partial charge < -0.3 is 10.3 Å². The SMILES string of the molecule is O=C(CC1CCCCC1)Nc1cncc(-c2ccc3c(n2)C(c2nc4c(-c5ccc(F)s5)nccc4[nH]2)=NCC3)c1. The highest BCUT2D eigenvalue weighted by molar-refractivity contribution is 7.13. The van der Waals surface area contributed by atoms with Crippen molar-refractivity contribution in [2.24, 2.45) is 10.9 Å². The zero-order chi connectivity index (χ0) is 27.8. The summed E-state index contributed by atoms with van der Waals surface area (Å²) in [6.07, 6.45) is 12.4. The topological polar surface area (TPSA) is 109 Å². The summed E-state index contributed by atoms with van der Waals surface area (Å²) in [4.78, 5) is 40.3. The van der Waals surface area contributed by atoms with Crippen molar-refractivity contribution in [2.45, 2.75) is 44.9 Å². The molecule has 2 aliphatic rings. The number of imidazole rings is 1. The van der Waals surface area contributed by atoms with Gasteiger partial charge in [-0.3, -0.25) is 19.8 Å². The minimum Gasteiger partial charge on any atom is -0.336 e. The first-order valence-electron chi connectivity index (χ1n) is 14.0. The fourth-order valence-corrected chi connectivity index (χ4v) is 6.52. The third-order valence-electron chi connectivity index (χ3n) is 7.80. The van der Waals surface area contributed by atoms with Crippen molar-refractivity contribution in [1.29, 1.82) is 0 Å². The van der Waals surface area contributed by atoms with Gasteiger partial charge in [-0.25, -0.2) is 9.97 Å². The monoisotopic (exact) mass is 565 g/mol. The Bertz CT molecular complexity index is 1790. The molecule has 0 bridgehead atoms. The second kappa shape index (κ2) is 10.9. The molecule has 0 spiro atoms. The molecule has 5 aromatic rings. The van der Waals surface area contributed by atoms with E-state index < -0.39 is 0 Å². The lowest BCUT2D eigenvalue weighted by Crippen LogP contribution is -2.18. The largest absolute Gasteiger partial charge is 0.336 e. The number of carbonyl (C=O) groups is 1. The Kier molecular flexibility index (Phi) is 6.84. The fourth-order valence-electron chi connectivity index (χ4n) is 5.79. The number of aromatic nitrogens is 5. The highest BCUT2D eigenvalue weighted by Crippen LogP contribution is 2.32. The van der Waals surface area contributed by atoms with Gasteiger partial charge in [0.1, 0.15) is 16.9 Å². The molecule has 6 heterocycles. The van der Waals surface area contributed by atoms with Crippen molar-refractivity contribution in [2.75, 3.05) is 11.9 Å². The highest BCUT2D eigenvalue weighted by atomic mass is 32.1. The van der Waals surface area contributed by atoms with Crippen molar-refractivity contribution in [3.63, 3.8) is 0 Å². The number of nitrogens with one attached hydrogen (secondary N) is 2. The number of amides is 1. The number of rotatable bonds is 6. The molecule has 0 atom stereocenters. The average molecular weight is 566 g/mol. The van der Waals surface area contributed by atoms with Gasteiger partial charge >= 0.3 is 0 Å². The Hall–Kier alpha value is -4.31. The number of anilines is 1. The molecular formula is C31H28FN7OS. The third kappa shape index (κ3) is 5.27. The van der Waals surface area contributed by atoms with Gasteiger partial charge in [0, 0.05) is 30.9 Å². The zero-order valence-electron chi connectivity index (χ0n) is 22.4. The van der Waals surface area contributed by atoms with Crippen LogP contribution in [-0.2, 0) is 11.2 Å². The number of pyridine rings is 3. The van der Waals surface area contributed by atoms with E-state index in [9.17, 15) is 9.18 Å². The van der Waals surface area contributed by atoms with E-state index >= 15 is 0 Å². The van der Waals surface area contributed by atoms with Crippen LogP contribution in [0.2, 0.25) is 0 Å². The van der Waals surface area contributed by atoms with Crippen molar-refractivity contribution in [3.8, 4) is 21.8 Å². The van der Waals surface area contributed by atoms with Gasteiger partial charge in [0.25, 0.3) is 0 Å². The second-order valence-corrected chi connectivity index (χ2v) is 11.7. The lowest BCUT2D eigenvalue weighted by molar-refractivity contribution is -0.117. The van der Waals surface area contributed by atoms with Crippen LogP contribution in [0.25, 0.3) is 32.9 Å². The Morgan fingerprint density at radius 1 is 1.05 bits per heavy atom. The van der Waals surface area contributed by atoms with Crippen molar-refractivity contribution < 1.29 is 9.18 Å². The van der Waals surface area contributed by atoms with Crippen LogP contribution < -0.4 is 5.32 Å². The molecule has 10 heteroatoms. The maximum atomic E-state index is 13.7. The first-order chi connectivity index (χ1) is 20.1. The van der Waals surface area contributed by atoms with Gasteiger partial charge in [0.2, 0.25) is 5.91 Å². The van der Waals surface area contributed by atoms with Crippen LogP contribution in [0, 0.1) is 11.0 Å². The summed E-state index contributed by atoms with van der Waals surface area (Å²) < 4.78 is 13.7. The molecule has 7 rings (SSSR count). The molecule has 1 amide bonds. The minimum absolute atomic E-state index is 0.0349. The van der Waals surface area contributed by atoms with E-state index in [2.05, 4.69) is 26.3 Å². The number of nitrogens with zero attached hydrogens (tertiary/aromatic N) is 5. The molecule has 1 aliphatic carbocycles. The summed E-state index contributed by atoms with van der Waals surface area (Å²) in [5.41, 5.74) is 6.83. The van der Waals surface area contributed by atoms with Gasteiger partial charge in [-0.05, 0) is 61.1 Å². The standard InChI is InChI=1S/C31H28FN7OS/c32-25-9-8-24(41-25)29-28-23(11-13-34-29)38-31(39-28)30-27-19(10-12-35-30)6-7-22(37-27)20-15-21(17-33-16-20)36-26(40)14-18-4-2-1-3-5-18/h6-9,11,13,15-18H,1-5,10,12,14H2,(H,36,40)(H,38,39). The molecule has 1 saturated carbocycles. The fraction of sp³-hybridized carbons (Fsp3) is 0.290. The number of thiophene rings is 1. The van der Waals surface area contributed by atoms with Crippen LogP contribution in [-0.4, -0.2) is 43.1 Å². The summed E-state index contributed by atoms with van der Waals surface area (Å²) in [5.74, 6) is 1.10. The van der Waals surface area contributed by atoms with E-state index in [1.165, 1.54) is 25.3 Å². The third-order valence-corrected chi connectivity index (χ3v) is 8.68. The molecule has 1 fully saturated rings. The van der Waals surface area contributed by atoms with Gasteiger partial charge in [0.05, 0.1) is 33.7 Å². The van der Waals surface area contributed by atoms with Crippen LogP contribution >= 0.6 is 11.3 Å². The molecule has 41 heavy (non-hydrogen) atoms. The molecule has 8 nitrogen and oxygen atoms in total. The molecule has 0 aromatic carbocycles. The second-order valence-electron chi connectivity index (χ2n) is 10.6. The number of H-pyrrole nitrogens is 1. The van der Waals surface area contributed by atoms with Crippen molar-refractivity contribution in [1.82, 2.24) is 24.9 Å². The molecule has 2 N–H and O–H groups in total. The quantitative estimate of drug-likeness (QED) is 0.242. The number of carbonyl (C=O) groups excluding carboxylic acids is 1. The average Bonchev–Trinajstić information content (AvgIpc) is 3.63.